The van der Waals surface area contributed by atoms with Crippen molar-refractivity contribution in [2.75, 3.05) is 6.61 Å². The van der Waals surface area contributed by atoms with Gasteiger partial charge in [-0.3, -0.25) is 0 Å². The number of rotatable bonds is 6. The van der Waals surface area contributed by atoms with E-state index in [1.807, 2.05) is 25.1 Å². The van der Waals surface area contributed by atoms with Gasteiger partial charge in [0.15, 0.2) is 0 Å². The average Bonchev–Trinajstić information content (AvgIpc) is 2.65. The number of benzene rings is 3. The highest BCUT2D eigenvalue weighted by Gasteiger charge is 2.37. The van der Waals surface area contributed by atoms with Gasteiger partial charge in [0.05, 0.1) is 6.61 Å². The van der Waals surface area contributed by atoms with Crippen LogP contribution in [0.1, 0.15) is 23.6 Å². The second-order valence-electron chi connectivity index (χ2n) is 6.03. The quantitative estimate of drug-likeness (QED) is 0.427. The van der Waals surface area contributed by atoms with E-state index in [-0.39, 0.29) is 0 Å². The number of hydrogen-bond acceptors (Lipinski definition) is 1. The molecule has 24 heavy (non-hydrogen) atoms. The van der Waals surface area contributed by atoms with Gasteiger partial charge in [0.2, 0.25) is 0 Å². The lowest BCUT2D eigenvalue weighted by molar-refractivity contribution is 0.0280. The molecule has 0 spiro atoms. The molecule has 1 heteroatoms. The van der Waals surface area contributed by atoms with Crippen LogP contribution in [-0.4, -0.2) is 6.61 Å². The first-order chi connectivity index (χ1) is 11.7. The molecule has 0 saturated carbocycles. The lowest BCUT2D eigenvalue weighted by atomic mass is 9.80. The van der Waals surface area contributed by atoms with Crippen LogP contribution in [0.4, 0.5) is 0 Å². The molecule has 3 aromatic rings. The number of ether oxygens (including phenoxy) is 1. The first-order valence-corrected chi connectivity index (χ1v) is 8.18. The van der Waals surface area contributed by atoms with Crippen molar-refractivity contribution in [3.05, 3.63) is 120 Å². The summed E-state index contributed by atoms with van der Waals surface area (Å²) in [4.78, 5) is 0. The summed E-state index contributed by atoms with van der Waals surface area (Å²) in [6.07, 6.45) is 0. The maximum Gasteiger partial charge on any atom is 0.144 e. The first-order valence-electron chi connectivity index (χ1n) is 8.18. The van der Waals surface area contributed by atoms with E-state index in [2.05, 4.69) is 79.4 Å². The van der Waals surface area contributed by atoms with Crippen molar-refractivity contribution in [2.45, 2.75) is 12.5 Å². The predicted octanol–water partition coefficient (Wildman–Crippen LogP) is 5.57. The second-order valence-corrected chi connectivity index (χ2v) is 6.03. The maximum absolute atomic E-state index is 6.55. The molecule has 0 bridgehead atoms. The van der Waals surface area contributed by atoms with Gasteiger partial charge in [-0.05, 0) is 23.6 Å². The second kappa shape index (κ2) is 7.29. The van der Waals surface area contributed by atoms with Crippen LogP contribution in [0.3, 0.4) is 0 Å². The summed E-state index contributed by atoms with van der Waals surface area (Å²) in [5.74, 6) is 0. The average molecular weight is 314 g/mol. The zero-order valence-electron chi connectivity index (χ0n) is 14.0. The third kappa shape index (κ3) is 3.17. The predicted molar refractivity (Wildman–Crippen MR) is 100.0 cm³/mol. The van der Waals surface area contributed by atoms with Gasteiger partial charge in [-0.1, -0.05) is 103 Å². The van der Waals surface area contributed by atoms with Crippen LogP contribution >= 0.6 is 0 Å². The van der Waals surface area contributed by atoms with Crippen LogP contribution in [0.15, 0.2) is 103 Å². The van der Waals surface area contributed by atoms with Crippen molar-refractivity contribution in [1.29, 1.82) is 0 Å². The highest BCUT2D eigenvalue weighted by molar-refractivity contribution is 5.47. The molecule has 0 amide bonds. The van der Waals surface area contributed by atoms with Crippen LogP contribution < -0.4 is 0 Å². The van der Waals surface area contributed by atoms with E-state index in [1.54, 1.807) is 0 Å². The van der Waals surface area contributed by atoms with E-state index in [9.17, 15) is 0 Å². The van der Waals surface area contributed by atoms with Crippen molar-refractivity contribution >= 4 is 0 Å². The molecule has 0 aliphatic heterocycles. The minimum absolute atomic E-state index is 0.499. The highest BCUT2D eigenvalue weighted by atomic mass is 16.5. The molecule has 0 unspecified atom stereocenters. The summed E-state index contributed by atoms with van der Waals surface area (Å²) in [5, 5.41) is 0. The molecular formula is C23H22O. The fourth-order valence-electron chi connectivity index (χ4n) is 3.00. The molecule has 0 fully saturated rings. The Bertz CT molecular complexity index is 679. The van der Waals surface area contributed by atoms with Crippen molar-refractivity contribution in [1.82, 2.24) is 0 Å². The molecule has 3 rings (SSSR count). The van der Waals surface area contributed by atoms with Crippen LogP contribution in [-0.2, 0) is 10.3 Å². The van der Waals surface area contributed by atoms with Crippen molar-refractivity contribution in [3.8, 4) is 0 Å². The van der Waals surface area contributed by atoms with Gasteiger partial charge in [0.25, 0.3) is 0 Å². The summed E-state index contributed by atoms with van der Waals surface area (Å²) in [5.41, 5.74) is 3.70. The lowest BCUT2D eigenvalue weighted by Crippen LogP contribution is -2.33. The molecule has 0 N–H and O–H groups in total. The molecule has 0 aliphatic rings. The van der Waals surface area contributed by atoms with E-state index in [0.717, 1.165) is 22.3 Å². The van der Waals surface area contributed by atoms with Crippen LogP contribution in [0.5, 0.6) is 0 Å². The van der Waals surface area contributed by atoms with E-state index in [0.29, 0.717) is 6.61 Å². The monoisotopic (exact) mass is 314 g/mol. The van der Waals surface area contributed by atoms with Crippen LogP contribution in [0.25, 0.3) is 0 Å². The van der Waals surface area contributed by atoms with Gasteiger partial charge >= 0.3 is 0 Å². The lowest BCUT2D eigenvalue weighted by Gasteiger charge is -2.36. The summed E-state index contributed by atoms with van der Waals surface area (Å²) in [6, 6.07) is 31.2. The largest absolute Gasteiger partial charge is 0.357 e. The third-order valence-corrected chi connectivity index (χ3v) is 4.08. The molecule has 3 aromatic carbocycles. The van der Waals surface area contributed by atoms with Gasteiger partial charge in [-0.25, -0.2) is 0 Å². The fourth-order valence-corrected chi connectivity index (χ4v) is 3.00. The summed E-state index contributed by atoms with van der Waals surface area (Å²) < 4.78 is 6.55. The van der Waals surface area contributed by atoms with Gasteiger partial charge in [0, 0.05) is 0 Å². The fraction of sp³-hybridized carbons (Fsp3) is 0.130. The topological polar surface area (TPSA) is 9.23 Å². The smallest absolute Gasteiger partial charge is 0.144 e. The minimum Gasteiger partial charge on any atom is -0.357 e. The van der Waals surface area contributed by atoms with Gasteiger partial charge in [0.1, 0.15) is 5.60 Å². The minimum atomic E-state index is -0.650. The summed E-state index contributed by atoms with van der Waals surface area (Å²) >= 11 is 0. The summed E-state index contributed by atoms with van der Waals surface area (Å²) in [7, 11) is 0. The van der Waals surface area contributed by atoms with Crippen molar-refractivity contribution < 1.29 is 4.74 Å². The molecule has 120 valence electrons. The van der Waals surface area contributed by atoms with E-state index < -0.39 is 5.60 Å². The molecule has 1 nitrogen and oxygen atoms in total. The Hall–Kier alpha value is -2.64. The zero-order valence-corrected chi connectivity index (χ0v) is 14.0. The van der Waals surface area contributed by atoms with Crippen molar-refractivity contribution in [3.63, 3.8) is 0 Å². The van der Waals surface area contributed by atoms with Gasteiger partial charge in [-0.2, -0.15) is 0 Å². The van der Waals surface area contributed by atoms with E-state index >= 15 is 0 Å². The Kier molecular flexibility index (Phi) is 4.93. The normalized spacial score (nSPS) is 11.2. The van der Waals surface area contributed by atoms with Gasteiger partial charge in [-0.15, -0.1) is 0 Å². The molecule has 0 aromatic heterocycles. The summed E-state index contributed by atoms with van der Waals surface area (Å²) in [6.45, 7) is 6.50. The van der Waals surface area contributed by atoms with E-state index in [1.165, 1.54) is 0 Å². The first kappa shape index (κ1) is 16.2. The number of hydrogen-bond donors (Lipinski definition) is 0. The molecular weight excluding hydrogens is 292 g/mol. The molecule has 0 saturated heterocycles. The Morgan fingerprint density at radius 2 is 1.04 bits per heavy atom. The highest BCUT2D eigenvalue weighted by Crippen LogP contribution is 2.40. The third-order valence-electron chi connectivity index (χ3n) is 4.08. The Labute approximate surface area is 144 Å². The Morgan fingerprint density at radius 3 is 1.33 bits per heavy atom. The standard InChI is InChI=1S/C23H22O/c1-19(2)18-24-23(20-12-6-3-7-13-20,21-14-8-4-9-15-21)22-16-10-5-11-17-22/h3-17H,1,18H2,2H3. The molecule has 0 aliphatic carbocycles. The van der Waals surface area contributed by atoms with Crippen LogP contribution in [0.2, 0.25) is 0 Å². The van der Waals surface area contributed by atoms with E-state index in [4.69, 9.17) is 4.74 Å². The van der Waals surface area contributed by atoms with Crippen molar-refractivity contribution in [2.24, 2.45) is 0 Å². The van der Waals surface area contributed by atoms with Crippen LogP contribution in [0, 0.1) is 0 Å². The molecule has 0 atom stereocenters. The van der Waals surface area contributed by atoms with Gasteiger partial charge < -0.3 is 4.74 Å². The molecule has 0 radical (unpaired) electrons. The SMILES string of the molecule is C=C(C)COC(c1ccccc1)(c1ccccc1)c1ccccc1. The molecule has 0 heterocycles. The maximum atomic E-state index is 6.55. The Morgan fingerprint density at radius 1 is 0.708 bits per heavy atom. The zero-order chi connectivity index (χ0) is 16.8. The Balaban J connectivity index is 2.26.